The minimum Gasteiger partial charge on any atom is -0.507 e. The van der Waals surface area contributed by atoms with Crippen LogP contribution in [0.15, 0.2) is 84.9 Å². The van der Waals surface area contributed by atoms with E-state index in [1.54, 1.807) is 55.5 Å². The lowest BCUT2D eigenvalue weighted by Gasteiger charge is -2.11. The number of carbonyl (C=O) groups excluding carboxylic acids is 1. The van der Waals surface area contributed by atoms with E-state index in [2.05, 4.69) is 5.32 Å². The second-order valence-electron chi connectivity index (χ2n) is 8.70. The van der Waals surface area contributed by atoms with Gasteiger partial charge in [-0.05, 0) is 52.9 Å². The van der Waals surface area contributed by atoms with Gasteiger partial charge in [0.2, 0.25) is 0 Å². The first-order chi connectivity index (χ1) is 17.3. The summed E-state index contributed by atoms with van der Waals surface area (Å²) < 4.78 is 15.1. The molecule has 1 aliphatic rings. The SMILES string of the molecule is C/C(=C1/C(=O)Nc2cc(F)c(-c3ccc(-c4ccccc4O)cc3)cc21)c1cccc(CC(=O)O)c1. The highest BCUT2D eigenvalue weighted by Crippen LogP contribution is 2.41. The molecule has 0 aliphatic carbocycles. The maximum Gasteiger partial charge on any atom is 0.307 e. The predicted molar refractivity (Wildman–Crippen MR) is 138 cm³/mol. The molecule has 0 atom stereocenters. The molecule has 1 heterocycles. The van der Waals surface area contributed by atoms with Crippen molar-refractivity contribution >= 4 is 28.7 Å². The number of aliphatic carboxylic acids is 1. The summed E-state index contributed by atoms with van der Waals surface area (Å²) >= 11 is 0. The van der Waals surface area contributed by atoms with Gasteiger partial charge < -0.3 is 15.5 Å². The number of hydrogen-bond donors (Lipinski definition) is 3. The highest BCUT2D eigenvalue weighted by atomic mass is 19.1. The monoisotopic (exact) mass is 479 g/mol. The van der Waals surface area contributed by atoms with E-state index < -0.39 is 11.8 Å². The number of allylic oxidation sites excluding steroid dienone is 1. The van der Waals surface area contributed by atoms with Gasteiger partial charge in [-0.3, -0.25) is 9.59 Å². The molecular formula is C30H22FNO4. The van der Waals surface area contributed by atoms with Gasteiger partial charge in [-0.25, -0.2) is 4.39 Å². The molecule has 3 N–H and O–H groups in total. The number of fused-ring (bicyclic) bond motifs is 1. The van der Waals surface area contributed by atoms with Gasteiger partial charge in [-0.1, -0.05) is 66.7 Å². The van der Waals surface area contributed by atoms with Crippen molar-refractivity contribution in [3.05, 3.63) is 107 Å². The second kappa shape index (κ2) is 9.15. The first-order valence-corrected chi connectivity index (χ1v) is 11.4. The van der Waals surface area contributed by atoms with Gasteiger partial charge in [0.25, 0.3) is 5.91 Å². The molecule has 0 saturated heterocycles. The summed E-state index contributed by atoms with van der Waals surface area (Å²) in [4.78, 5) is 24.0. The van der Waals surface area contributed by atoms with E-state index in [9.17, 15) is 14.7 Å². The van der Waals surface area contributed by atoms with Crippen molar-refractivity contribution in [1.82, 2.24) is 0 Å². The molecule has 5 rings (SSSR count). The van der Waals surface area contributed by atoms with Gasteiger partial charge >= 0.3 is 5.97 Å². The Kier molecular flexibility index (Phi) is 5.86. The van der Waals surface area contributed by atoms with Crippen LogP contribution in [0.25, 0.3) is 33.4 Å². The topological polar surface area (TPSA) is 86.6 Å². The molecule has 0 spiro atoms. The number of aromatic hydroxyl groups is 1. The molecule has 0 bridgehead atoms. The van der Waals surface area contributed by atoms with Crippen LogP contribution in [0, 0.1) is 5.82 Å². The summed E-state index contributed by atoms with van der Waals surface area (Å²) in [5.74, 6) is -1.57. The van der Waals surface area contributed by atoms with Crippen LogP contribution < -0.4 is 5.32 Å². The summed E-state index contributed by atoms with van der Waals surface area (Å²) in [6.07, 6.45) is -0.120. The van der Waals surface area contributed by atoms with Gasteiger partial charge in [0, 0.05) is 16.7 Å². The molecule has 178 valence electrons. The van der Waals surface area contributed by atoms with Crippen molar-refractivity contribution in [2.24, 2.45) is 0 Å². The molecule has 0 unspecified atom stereocenters. The number of para-hydroxylation sites is 1. The minimum atomic E-state index is -0.935. The number of anilines is 1. The zero-order valence-electron chi connectivity index (χ0n) is 19.4. The van der Waals surface area contributed by atoms with Crippen molar-refractivity contribution in [2.75, 3.05) is 5.32 Å². The lowest BCUT2D eigenvalue weighted by molar-refractivity contribution is -0.136. The molecule has 4 aromatic rings. The van der Waals surface area contributed by atoms with Gasteiger partial charge in [0.1, 0.15) is 11.6 Å². The van der Waals surface area contributed by atoms with Crippen molar-refractivity contribution in [3.8, 4) is 28.0 Å². The van der Waals surface area contributed by atoms with Gasteiger partial charge in [-0.15, -0.1) is 0 Å². The quantitative estimate of drug-likeness (QED) is 0.290. The van der Waals surface area contributed by atoms with Crippen LogP contribution in [-0.4, -0.2) is 22.1 Å². The van der Waals surface area contributed by atoms with Crippen molar-refractivity contribution in [2.45, 2.75) is 13.3 Å². The average Bonchev–Trinajstić information content (AvgIpc) is 3.17. The van der Waals surface area contributed by atoms with E-state index in [4.69, 9.17) is 5.11 Å². The van der Waals surface area contributed by atoms with Gasteiger partial charge in [0.15, 0.2) is 0 Å². The number of rotatable bonds is 5. The van der Waals surface area contributed by atoms with E-state index in [1.807, 2.05) is 30.3 Å². The second-order valence-corrected chi connectivity index (χ2v) is 8.70. The molecule has 6 heteroatoms. The maximum atomic E-state index is 15.1. The van der Waals surface area contributed by atoms with Crippen LogP contribution in [0.5, 0.6) is 5.75 Å². The molecule has 5 nitrogen and oxygen atoms in total. The van der Waals surface area contributed by atoms with E-state index in [0.717, 1.165) is 11.1 Å². The molecule has 1 aliphatic heterocycles. The highest BCUT2D eigenvalue weighted by molar-refractivity contribution is 6.36. The van der Waals surface area contributed by atoms with Crippen LogP contribution >= 0.6 is 0 Å². The Bertz CT molecular complexity index is 1550. The molecule has 4 aromatic carbocycles. The fraction of sp³-hybridized carbons (Fsp3) is 0.0667. The molecular weight excluding hydrogens is 457 g/mol. The van der Waals surface area contributed by atoms with E-state index in [0.29, 0.717) is 44.7 Å². The Morgan fingerprint density at radius 1 is 0.861 bits per heavy atom. The third-order valence-electron chi connectivity index (χ3n) is 6.35. The van der Waals surface area contributed by atoms with Crippen molar-refractivity contribution in [1.29, 1.82) is 0 Å². The van der Waals surface area contributed by atoms with Crippen molar-refractivity contribution < 1.29 is 24.2 Å². The third kappa shape index (κ3) is 4.25. The Morgan fingerprint density at radius 3 is 2.25 bits per heavy atom. The first-order valence-electron chi connectivity index (χ1n) is 11.4. The summed E-state index contributed by atoms with van der Waals surface area (Å²) in [5, 5.41) is 22.0. The zero-order chi connectivity index (χ0) is 25.4. The van der Waals surface area contributed by atoms with E-state index >= 15 is 4.39 Å². The van der Waals surface area contributed by atoms with Gasteiger partial charge in [0.05, 0.1) is 17.7 Å². The standard InChI is InChI=1S/C30H22FNO4/c1-17(21-6-4-5-18(13-21)14-28(34)35)29-24-15-23(25(31)16-26(24)32-30(29)36)20-11-9-19(10-12-20)22-7-2-3-8-27(22)33/h2-13,15-16,33H,14H2,1H3,(H,32,36)(H,34,35)/b29-17-. The number of halogens is 1. The molecule has 0 radical (unpaired) electrons. The Morgan fingerprint density at radius 2 is 1.56 bits per heavy atom. The molecule has 0 fully saturated rings. The lowest BCUT2D eigenvalue weighted by atomic mass is 9.92. The fourth-order valence-electron chi connectivity index (χ4n) is 4.56. The number of hydrogen-bond acceptors (Lipinski definition) is 3. The largest absolute Gasteiger partial charge is 0.507 e. The highest BCUT2D eigenvalue weighted by Gasteiger charge is 2.28. The van der Waals surface area contributed by atoms with Crippen LogP contribution in [0.3, 0.4) is 0 Å². The Balaban J connectivity index is 1.56. The Labute approximate surface area is 207 Å². The van der Waals surface area contributed by atoms with Crippen molar-refractivity contribution in [3.63, 3.8) is 0 Å². The summed E-state index contributed by atoms with van der Waals surface area (Å²) in [5.41, 5.74) is 5.88. The predicted octanol–water partition coefficient (Wildman–Crippen LogP) is 6.38. The Hall–Kier alpha value is -4.71. The van der Waals surface area contributed by atoms with E-state index in [-0.39, 0.29) is 18.1 Å². The lowest BCUT2D eigenvalue weighted by Crippen LogP contribution is -2.05. The number of amides is 1. The maximum absolute atomic E-state index is 15.1. The number of carboxylic acids is 1. The normalized spacial score (nSPS) is 13.8. The molecule has 1 amide bonds. The summed E-state index contributed by atoms with van der Waals surface area (Å²) in [7, 11) is 0. The summed E-state index contributed by atoms with van der Waals surface area (Å²) in [6.45, 7) is 1.80. The average molecular weight is 480 g/mol. The number of phenols is 1. The molecule has 0 saturated carbocycles. The smallest absolute Gasteiger partial charge is 0.307 e. The molecule has 36 heavy (non-hydrogen) atoms. The number of nitrogens with one attached hydrogen (secondary N) is 1. The number of carbonyl (C=O) groups is 2. The van der Waals surface area contributed by atoms with E-state index in [1.165, 1.54) is 6.07 Å². The summed E-state index contributed by atoms with van der Waals surface area (Å²) in [6, 6.07) is 24.2. The van der Waals surface area contributed by atoms with Crippen LogP contribution in [0.1, 0.15) is 23.6 Å². The van der Waals surface area contributed by atoms with Crippen LogP contribution in [0.4, 0.5) is 10.1 Å². The van der Waals surface area contributed by atoms with Crippen LogP contribution in [0.2, 0.25) is 0 Å². The minimum absolute atomic E-state index is 0.120. The number of carboxylic acid groups (broad SMARTS) is 1. The first kappa shape index (κ1) is 23.1. The van der Waals surface area contributed by atoms with Crippen LogP contribution in [-0.2, 0) is 16.0 Å². The third-order valence-corrected chi connectivity index (χ3v) is 6.35. The zero-order valence-corrected chi connectivity index (χ0v) is 19.4. The van der Waals surface area contributed by atoms with Gasteiger partial charge in [-0.2, -0.15) is 0 Å². The number of benzene rings is 4. The number of phenolic OH excluding ortho intramolecular Hbond substituents is 1. The molecule has 0 aromatic heterocycles. The fourth-order valence-corrected chi connectivity index (χ4v) is 4.56.